The van der Waals surface area contributed by atoms with E-state index < -0.39 is 0 Å². The molecule has 24 heavy (non-hydrogen) atoms. The topological polar surface area (TPSA) is 104 Å². The third-order valence-electron chi connectivity index (χ3n) is 3.89. The molecule has 0 amide bonds. The summed E-state index contributed by atoms with van der Waals surface area (Å²) in [5.41, 5.74) is 1.64. The summed E-state index contributed by atoms with van der Waals surface area (Å²) >= 11 is 5.96. The van der Waals surface area contributed by atoms with E-state index in [9.17, 15) is 5.11 Å². The number of β-amino-alcohol motifs (C(OH)–C–C–N with tert-alkyl or cyclic N) is 1. The predicted octanol–water partition coefficient (Wildman–Crippen LogP) is 1.55. The van der Waals surface area contributed by atoms with Crippen molar-refractivity contribution in [3.8, 4) is 22.9 Å². The SMILES string of the molecule is O[C@H]1CCN(c2cc(-c3ccc(Cl)cc3)nc(-c3nn[nH]n3)n2)C1. The summed E-state index contributed by atoms with van der Waals surface area (Å²) < 4.78 is 0. The molecule has 3 aromatic rings. The van der Waals surface area contributed by atoms with E-state index in [0.29, 0.717) is 23.2 Å². The lowest BCUT2D eigenvalue weighted by Gasteiger charge is -2.18. The number of aliphatic hydroxyl groups excluding tert-OH is 1. The molecule has 2 aromatic heterocycles. The number of aromatic amines is 1. The maximum absolute atomic E-state index is 9.79. The number of benzene rings is 1. The summed E-state index contributed by atoms with van der Waals surface area (Å²) in [5.74, 6) is 1.44. The van der Waals surface area contributed by atoms with Gasteiger partial charge in [0, 0.05) is 29.7 Å². The first kappa shape index (κ1) is 15.0. The Morgan fingerprint density at radius 3 is 2.67 bits per heavy atom. The van der Waals surface area contributed by atoms with Crippen LogP contribution in [0.3, 0.4) is 0 Å². The van der Waals surface area contributed by atoms with E-state index in [-0.39, 0.29) is 6.10 Å². The number of nitrogens with one attached hydrogen (secondary N) is 1. The Hall–Kier alpha value is -2.58. The van der Waals surface area contributed by atoms with Crippen LogP contribution in [-0.4, -0.2) is 54.9 Å². The van der Waals surface area contributed by atoms with Gasteiger partial charge in [-0.25, -0.2) is 9.97 Å². The molecule has 1 fully saturated rings. The van der Waals surface area contributed by atoms with Crippen LogP contribution in [0.25, 0.3) is 22.9 Å². The highest BCUT2D eigenvalue weighted by molar-refractivity contribution is 6.30. The van der Waals surface area contributed by atoms with Crippen molar-refractivity contribution >= 4 is 17.4 Å². The molecule has 8 nitrogen and oxygen atoms in total. The molecule has 0 aliphatic carbocycles. The number of anilines is 1. The molecule has 0 radical (unpaired) electrons. The average molecular weight is 344 g/mol. The number of nitrogens with zero attached hydrogens (tertiary/aromatic N) is 6. The van der Waals surface area contributed by atoms with Crippen LogP contribution < -0.4 is 4.90 Å². The molecule has 0 saturated carbocycles. The number of aliphatic hydroxyl groups is 1. The number of hydrogen-bond donors (Lipinski definition) is 2. The predicted molar refractivity (Wildman–Crippen MR) is 88.5 cm³/mol. The summed E-state index contributed by atoms with van der Waals surface area (Å²) in [6.45, 7) is 1.28. The van der Waals surface area contributed by atoms with Crippen LogP contribution in [0.2, 0.25) is 5.02 Å². The Labute approximate surface area is 142 Å². The van der Waals surface area contributed by atoms with Gasteiger partial charge in [-0.1, -0.05) is 23.7 Å². The average Bonchev–Trinajstić information content (AvgIpc) is 3.27. The minimum Gasteiger partial charge on any atom is -0.391 e. The van der Waals surface area contributed by atoms with Gasteiger partial charge in [0.1, 0.15) is 5.82 Å². The number of halogens is 1. The highest BCUT2D eigenvalue weighted by Crippen LogP contribution is 2.27. The van der Waals surface area contributed by atoms with Crippen molar-refractivity contribution in [3.63, 3.8) is 0 Å². The molecule has 122 valence electrons. The van der Waals surface area contributed by atoms with Gasteiger partial charge in [-0.3, -0.25) is 0 Å². The lowest BCUT2D eigenvalue weighted by Crippen LogP contribution is -2.22. The van der Waals surface area contributed by atoms with E-state index in [4.69, 9.17) is 11.6 Å². The summed E-state index contributed by atoms with van der Waals surface area (Å²) in [6.07, 6.45) is 0.380. The quantitative estimate of drug-likeness (QED) is 0.743. The zero-order valence-corrected chi connectivity index (χ0v) is 13.3. The van der Waals surface area contributed by atoms with Gasteiger partial charge in [0.2, 0.25) is 11.6 Å². The molecule has 1 aliphatic rings. The third kappa shape index (κ3) is 2.93. The molecular formula is C15H14ClN7O. The van der Waals surface area contributed by atoms with E-state index in [1.165, 1.54) is 0 Å². The second-order valence-corrected chi connectivity index (χ2v) is 6.00. The third-order valence-corrected chi connectivity index (χ3v) is 4.14. The molecule has 9 heteroatoms. The van der Waals surface area contributed by atoms with Crippen LogP contribution in [0, 0.1) is 0 Å². The van der Waals surface area contributed by atoms with Crippen LogP contribution >= 0.6 is 11.6 Å². The maximum Gasteiger partial charge on any atom is 0.241 e. The molecule has 0 bridgehead atoms. The Kier molecular flexibility index (Phi) is 3.83. The number of rotatable bonds is 3. The van der Waals surface area contributed by atoms with E-state index in [0.717, 1.165) is 30.0 Å². The highest BCUT2D eigenvalue weighted by Gasteiger charge is 2.23. The first-order valence-corrected chi connectivity index (χ1v) is 7.89. The van der Waals surface area contributed by atoms with Crippen molar-refractivity contribution in [2.24, 2.45) is 0 Å². The number of tetrazole rings is 1. The van der Waals surface area contributed by atoms with Gasteiger partial charge in [0.15, 0.2) is 0 Å². The Bertz CT molecular complexity index is 838. The van der Waals surface area contributed by atoms with Crippen LogP contribution in [0.15, 0.2) is 30.3 Å². The van der Waals surface area contributed by atoms with Crippen molar-refractivity contribution in [1.82, 2.24) is 30.6 Å². The fraction of sp³-hybridized carbons (Fsp3) is 0.267. The van der Waals surface area contributed by atoms with E-state index >= 15 is 0 Å². The maximum atomic E-state index is 9.79. The van der Waals surface area contributed by atoms with Gasteiger partial charge in [0.25, 0.3) is 0 Å². The van der Waals surface area contributed by atoms with E-state index in [1.54, 1.807) is 0 Å². The molecule has 0 spiro atoms. The fourth-order valence-electron chi connectivity index (χ4n) is 2.67. The van der Waals surface area contributed by atoms with Crippen LogP contribution in [-0.2, 0) is 0 Å². The lowest BCUT2D eigenvalue weighted by atomic mass is 10.1. The highest BCUT2D eigenvalue weighted by atomic mass is 35.5. The van der Waals surface area contributed by atoms with Crippen molar-refractivity contribution in [3.05, 3.63) is 35.4 Å². The molecule has 2 N–H and O–H groups in total. The molecule has 1 atom stereocenters. The molecule has 4 rings (SSSR count). The Morgan fingerprint density at radius 2 is 2.00 bits per heavy atom. The Morgan fingerprint density at radius 1 is 1.17 bits per heavy atom. The van der Waals surface area contributed by atoms with Gasteiger partial charge in [-0.2, -0.15) is 5.21 Å². The number of H-pyrrole nitrogens is 1. The summed E-state index contributed by atoms with van der Waals surface area (Å²) in [7, 11) is 0. The van der Waals surface area contributed by atoms with E-state index in [2.05, 4.69) is 30.6 Å². The zero-order valence-electron chi connectivity index (χ0n) is 12.6. The first-order chi connectivity index (χ1) is 11.7. The monoisotopic (exact) mass is 343 g/mol. The molecule has 0 unspecified atom stereocenters. The normalized spacial score (nSPS) is 17.4. The van der Waals surface area contributed by atoms with Crippen LogP contribution in [0.1, 0.15) is 6.42 Å². The standard InChI is InChI=1S/C15H14ClN7O/c16-10-3-1-9(2-4-10)12-7-13(23-6-5-11(24)8-23)18-14(17-12)15-19-21-22-20-15/h1-4,7,11,24H,5-6,8H2,(H,19,20,21,22)/t11-/m0/s1. The number of hydrogen-bond acceptors (Lipinski definition) is 7. The zero-order chi connectivity index (χ0) is 16.5. The van der Waals surface area contributed by atoms with Crippen LogP contribution in [0.4, 0.5) is 5.82 Å². The van der Waals surface area contributed by atoms with Crippen LogP contribution in [0.5, 0.6) is 0 Å². The number of aromatic nitrogens is 6. The second kappa shape index (κ2) is 6.14. The van der Waals surface area contributed by atoms with Crippen molar-refractivity contribution in [2.45, 2.75) is 12.5 Å². The van der Waals surface area contributed by atoms with Gasteiger partial charge in [0.05, 0.1) is 11.8 Å². The fourth-order valence-corrected chi connectivity index (χ4v) is 2.80. The summed E-state index contributed by atoms with van der Waals surface area (Å²) in [6, 6.07) is 9.31. The molecule has 3 heterocycles. The molecule has 1 aliphatic heterocycles. The minimum atomic E-state index is -0.340. The molecule has 1 saturated heterocycles. The second-order valence-electron chi connectivity index (χ2n) is 5.57. The van der Waals surface area contributed by atoms with Gasteiger partial charge in [-0.05, 0) is 23.8 Å². The first-order valence-electron chi connectivity index (χ1n) is 7.51. The molecule has 1 aromatic carbocycles. The summed E-state index contributed by atoms with van der Waals surface area (Å²) in [4.78, 5) is 11.1. The van der Waals surface area contributed by atoms with Gasteiger partial charge in [-0.15, -0.1) is 10.2 Å². The van der Waals surface area contributed by atoms with Gasteiger partial charge < -0.3 is 10.0 Å². The van der Waals surface area contributed by atoms with Crippen molar-refractivity contribution < 1.29 is 5.11 Å². The smallest absolute Gasteiger partial charge is 0.241 e. The minimum absolute atomic E-state index is 0.326. The molecular weight excluding hydrogens is 330 g/mol. The largest absolute Gasteiger partial charge is 0.391 e. The van der Waals surface area contributed by atoms with Gasteiger partial charge >= 0.3 is 0 Å². The van der Waals surface area contributed by atoms with Crippen molar-refractivity contribution in [2.75, 3.05) is 18.0 Å². The van der Waals surface area contributed by atoms with Crippen molar-refractivity contribution in [1.29, 1.82) is 0 Å². The summed E-state index contributed by atoms with van der Waals surface area (Å²) in [5, 5.41) is 24.3. The lowest BCUT2D eigenvalue weighted by molar-refractivity contribution is 0.198. The Balaban J connectivity index is 1.80. The van der Waals surface area contributed by atoms with E-state index in [1.807, 2.05) is 35.2 Å².